The molecule has 154 valence electrons. The molecule has 2 rings (SSSR count). The summed E-state index contributed by atoms with van der Waals surface area (Å²) in [5.41, 5.74) is 0.135. The largest absolute Gasteiger partial charge is 0.493 e. The van der Waals surface area contributed by atoms with Gasteiger partial charge < -0.3 is 18.9 Å². The number of ether oxygens (including phenoxy) is 4. The standard InChI is InChI=1S/C20H21NO8/c1-5-28-17-7-6-13(12(2)22)8-14(17)11-29-20(23)15-9-18(26-3)19(27-4)10-16(15)21(24)25/h6-10H,5,11H2,1-4H3. The van der Waals surface area contributed by atoms with Crippen molar-refractivity contribution in [2.45, 2.75) is 20.5 Å². The van der Waals surface area contributed by atoms with E-state index in [2.05, 4.69) is 0 Å². The van der Waals surface area contributed by atoms with Crippen LogP contribution in [0.1, 0.15) is 40.1 Å². The molecule has 2 aromatic carbocycles. The number of nitro benzene ring substituents is 1. The van der Waals surface area contributed by atoms with E-state index in [1.54, 1.807) is 25.1 Å². The molecule has 0 saturated heterocycles. The summed E-state index contributed by atoms with van der Waals surface area (Å²) in [6.45, 7) is 3.35. The van der Waals surface area contributed by atoms with Crippen LogP contribution in [0.5, 0.6) is 17.2 Å². The highest BCUT2D eigenvalue weighted by atomic mass is 16.6. The second-order valence-corrected chi connectivity index (χ2v) is 5.87. The minimum atomic E-state index is -0.923. The predicted octanol–water partition coefficient (Wildman–Crippen LogP) is 3.57. The van der Waals surface area contributed by atoms with Crippen LogP contribution in [0.4, 0.5) is 5.69 Å². The lowest BCUT2D eigenvalue weighted by Crippen LogP contribution is -2.10. The Morgan fingerprint density at radius 2 is 1.69 bits per heavy atom. The van der Waals surface area contributed by atoms with Crippen molar-refractivity contribution in [3.05, 3.63) is 57.1 Å². The second kappa shape index (κ2) is 9.54. The number of hydrogen-bond acceptors (Lipinski definition) is 8. The van der Waals surface area contributed by atoms with Gasteiger partial charge in [-0.15, -0.1) is 0 Å². The Balaban J connectivity index is 2.35. The number of methoxy groups -OCH3 is 2. The van der Waals surface area contributed by atoms with Crippen LogP contribution in [0.15, 0.2) is 30.3 Å². The molecule has 0 N–H and O–H groups in total. The molecule has 0 amide bonds. The topological polar surface area (TPSA) is 114 Å². The van der Waals surface area contributed by atoms with Gasteiger partial charge >= 0.3 is 5.97 Å². The molecule has 29 heavy (non-hydrogen) atoms. The lowest BCUT2D eigenvalue weighted by atomic mass is 10.1. The molecule has 2 aromatic rings. The number of carbonyl (C=O) groups excluding carboxylic acids is 2. The summed E-state index contributed by atoms with van der Waals surface area (Å²) in [6, 6.07) is 7.07. The van der Waals surface area contributed by atoms with E-state index in [-0.39, 0.29) is 29.5 Å². The highest BCUT2D eigenvalue weighted by molar-refractivity contribution is 5.95. The predicted molar refractivity (Wildman–Crippen MR) is 103 cm³/mol. The third-order valence-corrected chi connectivity index (χ3v) is 4.04. The van der Waals surface area contributed by atoms with Gasteiger partial charge in [0.15, 0.2) is 17.3 Å². The van der Waals surface area contributed by atoms with Crippen LogP contribution in [0.25, 0.3) is 0 Å². The van der Waals surface area contributed by atoms with E-state index in [0.29, 0.717) is 23.5 Å². The molecule has 0 radical (unpaired) electrons. The maximum Gasteiger partial charge on any atom is 0.345 e. The maximum atomic E-state index is 12.6. The molecule has 0 aliphatic carbocycles. The number of hydrogen-bond donors (Lipinski definition) is 0. The van der Waals surface area contributed by atoms with Gasteiger partial charge in [0, 0.05) is 17.2 Å². The highest BCUT2D eigenvalue weighted by Gasteiger charge is 2.26. The summed E-state index contributed by atoms with van der Waals surface area (Å²) in [5.74, 6) is -0.362. The molecular formula is C20H21NO8. The number of esters is 1. The van der Waals surface area contributed by atoms with Crippen LogP contribution in [-0.4, -0.2) is 37.5 Å². The molecule has 0 fully saturated rings. The van der Waals surface area contributed by atoms with Crippen LogP contribution in [-0.2, 0) is 11.3 Å². The molecule has 9 heteroatoms. The van der Waals surface area contributed by atoms with Crippen LogP contribution in [0, 0.1) is 10.1 Å². The van der Waals surface area contributed by atoms with E-state index in [1.165, 1.54) is 27.2 Å². The summed E-state index contributed by atoms with van der Waals surface area (Å²) in [7, 11) is 2.68. The fraction of sp³-hybridized carbons (Fsp3) is 0.300. The molecule has 9 nitrogen and oxygen atoms in total. The highest BCUT2D eigenvalue weighted by Crippen LogP contribution is 2.35. The van der Waals surface area contributed by atoms with Gasteiger partial charge in [-0.05, 0) is 32.0 Å². The van der Waals surface area contributed by atoms with Gasteiger partial charge in [-0.3, -0.25) is 14.9 Å². The Morgan fingerprint density at radius 3 is 2.24 bits per heavy atom. The smallest absolute Gasteiger partial charge is 0.345 e. The maximum absolute atomic E-state index is 12.6. The first-order valence-electron chi connectivity index (χ1n) is 8.66. The molecule has 0 atom stereocenters. The molecule has 0 bridgehead atoms. The Morgan fingerprint density at radius 1 is 1.03 bits per heavy atom. The Kier molecular flexibility index (Phi) is 7.13. The first kappa shape index (κ1) is 21.7. The van der Waals surface area contributed by atoms with Gasteiger partial charge in [-0.2, -0.15) is 0 Å². The fourth-order valence-corrected chi connectivity index (χ4v) is 2.61. The Labute approximate surface area is 167 Å². The van der Waals surface area contributed by atoms with Crippen molar-refractivity contribution >= 4 is 17.4 Å². The van der Waals surface area contributed by atoms with Crippen molar-refractivity contribution in [3.8, 4) is 17.2 Å². The monoisotopic (exact) mass is 403 g/mol. The van der Waals surface area contributed by atoms with Gasteiger partial charge in [0.1, 0.15) is 17.9 Å². The third-order valence-electron chi connectivity index (χ3n) is 4.04. The first-order valence-corrected chi connectivity index (χ1v) is 8.66. The van der Waals surface area contributed by atoms with Crippen molar-refractivity contribution in [2.24, 2.45) is 0 Å². The Hall–Kier alpha value is -3.62. The number of carbonyl (C=O) groups is 2. The van der Waals surface area contributed by atoms with Crippen LogP contribution in [0.3, 0.4) is 0 Å². The van der Waals surface area contributed by atoms with Gasteiger partial charge in [0.2, 0.25) is 0 Å². The fourth-order valence-electron chi connectivity index (χ4n) is 2.61. The molecule has 0 saturated carbocycles. The minimum Gasteiger partial charge on any atom is -0.493 e. The zero-order valence-electron chi connectivity index (χ0n) is 16.5. The average Bonchev–Trinajstić information content (AvgIpc) is 2.71. The number of benzene rings is 2. The van der Waals surface area contributed by atoms with Crippen molar-refractivity contribution < 1.29 is 33.5 Å². The van der Waals surface area contributed by atoms with E-state index >= 15 is 0 Å². The zero-order chi connectivity index (χ0) is 21.6. The summed E-state index contributed by atoms with van der Waals surface area (Å²) >= 11 is 0. The lowest BCUT2D eigenvalue weighted by molar-refractivity contribution is -0.385. The van der Waals surface area contributed by atoms with Crippen LogP contribution in [0.2, 0.25) is 0 Å². The van der Waals surface area contributed by atoms with Crippen LogP contribution >= 0.6 is 0 Å². The molecule has 0 unspecified atom stereocenters. The van der Waals surface area contributed by atoms with Gasteiger partial charge in [0.05, 0.1) is 31.8 Å². The zero-order valence-corrected chi connectivity index (χ0v) is 16.5. The molecule has 0 aromatic heterocycles. The normalized spacial score (nSPS) is 10.2. The van der Waals surface area contributed by atoms with E-state index in [1.807, 2.05) is 0 Å². The molecule has 0 aliphatic rings. The summed E-state index contributed by atoms with van der Waals surface area (Å²) in [5, 5.41) is 11.4. The van der Waals surface area contributed by atoms with E-state index in [0.717, 1.165) is 6.07 Å². The summed E-state index contributed by atoms with van der Waals surface area (Å²) in [4.78, 5) is 34.9. The number of ketones is 1. The molecule has 0 heterocycles. The van der Waals surface area contributed by atoms with E-state index in [9.17, 15) is 19.7 Å². The van der Waals surface area contributed by atoms with Gasteiger partial charge in [-0.1, -0.05) is 0 Å². The van der Waals surface area contributed by atoms with Crippen molar-refractivity contribution in [1.29, 1.82) is 0 Å². The SMILES string of the molecule is CCOc1ccc(C(C)=O)cc1COC(=O)c1cc(OC)c(OC)cc1[N+](=O)[O-]. The second-order valence-electron chi connectivity index (χ2n) is 5.87. The Bertz CT molecular complexity index is 938. The number of Topliss-reactive ketones (excluding diaryl/α,β-unsaturated/α-hetero) is 1. The quantitative estimate of drug-likeness (QED) is 0.270. The summed E-state index contributed by atoms with van der Waals surface area (Å²) in [6.07, 6.45) is 0. The first-order chi connectivity index (χ1) is 13.8. The summed E-state index contributed by atoms with van der Waals surface area (Å²) < 4.78 is 20.9. The minimum absolute atomic E-state index is 0.114. The molecule has 0 spiro atoms. The van der Waals surface area contributed by atoms with Crippen molar-refractivity contribution in [2.75, 3.05) is 20.8 Å². The van der Waals surface area contributed by atoms with Gasteiger partial charge in [0.25, 0.3) is 5.69 Å². The van der Waals surface area contributed by atoms with Crippen molar-refractivity contribution in [3.63, 3.8) is 0 Å². The lowest BCUT2D eigenvalue weighted by Gasteiger charge is -2.13. The molecular weight excluding hydrogens is 382 g/mol. The number of rotatable bonds is 9. The number of nitrogens with zero attached hydrogens (tertiary/aromatic N) is 1. The van der Waals surface area contributed by atoms with Crippen molar-refractivity contribution in [1.82, 2.24) is 0 Å². The van der Waals surface area contributed by atoms with Gasteiger partial charge in [-0.25, -0.2) is 4.79 Å². The third kappa shape index (κ3) is 5.01. The molecule has 0 aliphatic heterocycles. The van der Waals surface area contributed by atoms with Crippen LogP contribution < -0.4 is 14.2 Å². The van der Waals surface area contributed by atoms with E-state index < -0.39 is 16.6 Å². The number of nitro groups is 1. The average molecular weight is 403 g/mol. The van der Waals surface area contributed by atoms with E-state index in [4.69, 9.17) is 18.9 Å².